The summed E-state index contributed by atoms with van der Waals surface area (Å²) in [7, 11) is 0. The van der Waals surface area contributed by atoms with Crippen molar-refractivity contribution in [2.24, 2.45) is 0 Å². The van der Waals surface area contributed by atoms with Crippen LogP contribution < -0.4 is 0 Å². The van der Waals surface area contributed by atoms with Crippen molar-refractivity contribution in [2.45, 2.75) is 26.2 Å². The van der Waals surface area contributed by atoms with Gasteiger partial charge in [-0.25, -0.2) is 9.97 Å². The number of rotatable bonds is 1. The summed E-state index contributed by atoms with van der Waals surface area (Å²) in [6, 6.07) is 12.5. The molecule has 0 aliphatic carbocycles. The fourth-order valence-corrected chi connectivity index (χ4v) is 5.24. The van der Waals surface area contributed by atoms with E-state index >= 15 is 0 Å². The highest BCUT2D eigenvalue weighted by Crippen LogP contribution is 2.41. The number of aromatic nitrogens is 2. The van der Waals surface area contributed by atoms with Crippen LogP contribution in [0.2, 0.25) is 0 Å². The molecule has 0 fully saturated rings. The van der Waals surface area contributed by atoms with Crippen LogP contribution in [0.1, 0.15) is 26.3 Å². The molecular formula is C24H18N2O2S. The van der Waals surface area contributed by atoms with Gasteiger partial charge in [-0.05, 0) is 58.1 Å². The van der Waals surface area contributed by atoms with Gasteiger partial charge in [0.1, 0.15) is 17.5 Å². The van der Waals surface area contributed by atoms with Crippen molar-refractivity contribution < 1.29 is 8.83 Å². The van der Waals surface area contributed by atoms with Crippen LogP contribution >= 0.6 is 11.3 Å². The van der Waals surface area contributed by atoms with Gasteiger partial charge in [0.15, 0.2) is 0 Å². The monoisotopic (exact) mass is 398 g/mol. The van der Waals surface area contributed by atoms with E-state index in [0.717, 1.165) is 38.6 Å². The topological polar surface area (TPSA) is 52.1 Å². The highest BCUT2D eigenvalue weighted by molar-refractivity contribution is 7.17. The van der Waals surface area contributed by atoms with E-state index in [9.17, 15) is 0 Å². The van der Waals surface area contributed by atoms with Crippen LogP contribution in [0, 0.1) is 0 Å². The van der Waals surface area contributed by atoms with E-state index in [-0.39, 0.29) is 5.41 Å². The number of benzene rings is 2. The lowest BCUT2D eigenvalue weighted by molar-refractivity contribution is 0.597. The van der Waals surface area contributed by atoms with Gasteiger partial charge in [0.05, 0.1) is 17.3 Å². The molecule has 4 heterocycles. The average molecular weight is 398 g/mol. The number of thiophene rings is 1. The van der Waals surface area contributed by atoms with E-state index in [1.807, 2.05) is 18.2 Å². The number of hydrogen-bond acceptors (Lipinski definition) is 5. The molecule has 0 saturated heterocycles. The van der Waals surface area contributed by atoms with Crippen molar-refractivity contribution in [3.05, 3.63) is 59.9 Å². The van der Waals surface area contributed by atoms with E-state index in [1.165, 1.54) is 15.6 Å². The van der Waals surface area contributed by atoms with Crippen LogP contribution in [-0.2, 0) is 5.41 Å². The Hall–Kier alpha value is -3.18. The second-order valence-electron chi connectivity index (χ2n) is 8.39. The fraction of sp³-hybridized carbons (Fsp3) is 0.167. The number of nitrogens with zero attached hydrogens (tertiary/aromatic N) is 2. The lowest BCUT2D eigenvalue weighted by Gasteiger charge is -2.21. The van der Waals surface area contributed by atoms with E-state index in [0.29, 0.717) is 5.71 Å². The van der Waals surface area contributed by atoms with Crippen molar-refractivity contribution >= 4 is 54.5 Å². The minimum absolute atomic E-state index is 0.0293. The van der Waals surface area contributed by atoms with Crippen LogP contribution in [-0.4, -0.2) is 9.97 Å². The summed E-state index contributed by atoms with van der Waals surface area (Å²) in [5, 5.41) is 6.35. The van der Waals surface area contributed by atoms with Gasteiger partial charge in [0, 0.05) is 21.0 Å². The summed E-state index contributed by atoms with van der Waals surface area (Å²) in [6.07, 6.45) is 3.29. The van der Waals surface area contributed by atoms with Crippen molar-refractivity contribution in [2.75, 3.05) is 0 Å². The summed E-state index contributed by atoms with van der Waals surface area (Å²) < 4.78 is 13.0. The molecule has 6 rings (SSSR count). The predicted molar refractivity (Wildman–Crippen MR) is 119 cm³/mol. The van der Waals surface area contributed by atoms with Crippen LogP contribution in [0.3, 0.4) is 0 Å². The molecule has 0 unspecified atom stereocenters. The van der Waals surface area contributed by atoms with Gasteiger partial charge >= 0.3 is 0 Å². The number of furan rings is 2. The second-order valence-corrected chi connectivity index (χ2v) is 9.30. The Bertz CT molecular complexity index is 1550. The van der Waals surface area contributed by atoms with Gasteiger partial charge in [-0.3, -0.25) is 0 Å². The molecule has 0 bridgehead atoms. The molecule has 0 aliphatic rings. The van der Waals surface area contributed by atoms with Crippen LogP contribution in [0.25, 0.3) is 54.4 Å². The molecule has 0 N–H and O–H groups in total. The summed E-state index contributed by atoms with van der Waals surface area (Å²) in [6.45, 7) is 6.76. The Morgan fingerprint density at radius 3 is 2.66 bits per heavy atom. The fourth-order valence-electron chi connectivity index (χ4n) is 4.14. The smallest absolute Gasteiger partial charge is 0.231 e. The highest BCUT2D eigenvalue weighted by Gasteiger charge is 2.22. The van der Waals surface area contributed by atoms with Gasteiger partial charge < -0.3 is 8.83 Å². The summed E-state index contributed by atoms with van der Waals surface area (Å²) in [5.41, 5.74) is 5.55. The zero-order valence-corrected chi connectivity index (χ0v) is 17.1. The Labute approximate surface area is 170 Å². The quantitative estimate of drug-likeness (QED) is 0.291. The Kier molecular flexibility index (Phi) is 3.28. The molecule has 4 nitrogen and oxygen atoms in total. The third kappa shape index (κ3) is 2.37. The average Bonchev–Trinajstić information content (AvgIpc) is 3.41. The first-order chi connectivity index (χ1) is 14.0. The van der Waals surface area contributed by atoms with Gasteiger partial charge in [0.2, 0.25) is 5.71 Å². The molecule has 0 spiro atoms. The molecule has 0 saturated carbocycles. The zero-order valence-electron chi connectivity index (χ0n) is 16.3. The van der Waals surface area contributed by atoms with E-state index < -0.39 is 0 Å². The highest BCUT2D eigenvalue weighted by atomic mass is 32.1. The molecule has 4 aromatic heterocycles. The van der Waals surface area contributed by atoms with Crippen LogP contribution in [0.4, 0.5) is 0 Å². The molecule has 29 heavy (non-hydrogen) atoms. The molecule has 0 aliphatic heterocycles. The first kappa shape index (κ1) is 16.7. The summed E-state index contributed by atoms with van der Waals surface area (Å²) in [4.78, 5) is 9.12. The normalized spacial score (nSPS) is 12.7. The maximum atomic E-state index is 6.07. The third-order valence-electron chi connectivity index (χ3n) is 5.50. The summed E-state index contributed by atoms with van der Waals surface area (Å²) in [5.74, 6) is 0. The maximum Gasteiger partial charge on any atom is 0.231 e. The van der Waals surface area contributed by atoms with Crippen molar-refractivity contribution in [1.82, 2.24) is 9.97 Å². The first-order valence-corrected chi connectivity index (χ1v) is 10.4. The van der Waals surface area contributed by atoms with Gasteiger partial charge in [0.25, 0.3) is 0 Å². The molecule has 6 aromatic rings. The predicted octanol–water partition coefficient (Wildman–Crippen LogP) is 7.30. The second kappa shape index (κ2) is 5.67. The maximum absolute atomic E-state index is 6.07. The lowest BCUT2D eigenvalue weighted by Crippen LogP contribution is -2.11. The first-order valence-electron chi connectivity index (χ1n) is 9.56. The molecule has 2 aromatic carbocycles. The molecular weight excluding hydrogens is 380 g/mol. The molecule has 0 amide bonds. The van der Waals surface area contributed by atoms with Crippen molar-refractivity contribution in [3.8, 4) is 11.3 Å². The van der Waals surface area contributed by atoms with Gasteiger partial charge in [-0.1, -0.05) is 20.8 Å². The van der Waals surface area contributed by atoms with E-state index in [4.69, 9.17) is 13.8 Å². The SMILES string of the molecule is CC(C)(C)c1cc(-c2ncnc3oc4ccc5occc5c4c23)cc2ccsc12. The zero-order chi connectivity index (χ0) is 19.8. The van der Waals surface area contributed by atoms with E-state index in [2.05, 4.69) is 49.3 Å². The Balaban J connectivity index is 1.76. The van der Waals surface area contributed by atoms with Crippen molar-refractivity contribution in [1.29, 1.82) is 0 Å². The van der Waals surface area contributed by atoms with Crippen molar-refractivity contribution in [3.63, 3.8) is 0 Å². The summed E-state index contributed by atoms with van der Waals surface area (Å²) >= 11 is 1.79. The van der Waals surface area contributed by atoms with Gasteiger partial charge in [-0.2, -0.15) is 0 Å². The van der Waals surface area contributed by atoms with Crippen LogP contribution in [0.15, 0.2) is 63.2 Å². The molecule has 0 radical (unpaired) electrons. The molecule has 142 valence electrons. The Morgan fingerprint density at radius 2 is 1.79 bits per heavy atom. The lowest BCUT2D eigenvalue weighted by atomic mass is 9.85. The molecule has 0 atom stereocenters. The largest absolute Gasteiger partial charge is 0.464 e. The minimum atomic E-state index is 0.0293. The number of fused-ring (bicyclic) bond motifs is 6. The minimum Gasteiger partial charge on any atom is -0.464 e. The third-order valence-corrected chi connectivity index (χ3v) is 6.46. The Morgan fingerprint density at radius 1 is 0.931 bits per heavy atom. The van der Waals surface area contributed by atoms with E-state index in [1.54, 1.807) is 23.9 Å². The number of hydrogen-bond donors (Lipinski definition) is 0. The molecule has 5 heteroatoms. The van der Waals surface area contributed by atoms with Crippen LogP contribution in [0.5, 0.6) is 0 Å². The van der Waals surface area contributed by atoms with Gasteiger partial charge in [-0.15, -0.1) is 11.3 Å². The standard InChI is InChI=1S/C24H18N2O2S/c1-24(2,3)16-11-14(10-13-7-9-29-22(13)16)21-20-19-15-6-8-27-17(15)4-5-18(19)28-23(20)26-12-25-21/h4-12H,1-3H3.